The summed E-state index contributed by atoms with van der Waals surface area (Å²) in [4.78, 5) is 2.41. The van der Waals surface area contributed by atoms with Crippen LogP contribution >= 0.6 is 0 Å². The zero-order valence-electron chi connectivity index (χ0n) is 31.7. The van der Waals surface area contributed by atoms with Gasteiger partial charge >= 0.3 is 0 Å². The second-order valence-electron chi connectivity index (χ2n) is 14.9. The first-order valence-corrected chi connectivity index (χ1v) is 19.8. The molecule has 58 heavy (non-hydrogen) atoms. The number of fused-ring (bicyclic) bond motifs is 6. The van der Waals surface area contributed by atoms with Gasteiger partial charge < -0.3 is 9.32 Å². The van der Waals surface area contributed by atoms with E-state index in [-0.39, 0.29) is 0 Å². The third-order valence-corrected chi connectivity index (χ3v) is 11.5. The molecular weight excluding hydrogens is 703 g/mol. The Balaban J connectivity index is 1.11. The van der Waals surface area contributed by atoms with Crippen LogP contribution in [0.15, 0.2) is 229 Å². The van der Waals surface area contributed by atoms with Gasteiger partial charge in [-0.2, -0.15) is 0 Å². The minimum atomic E-state index is 0.855. The summed E-state index contributed by atoms with van der Waals surface area (Å²) >= 11 is 0. The molecule has 2 heteroatoms. The SMILES string of the molecule is c1ccc(-c2ccc(-c3ccc(N(c4cccc5ccccc45)c4cccc5oc6c7ccccc7c(-c7cccc(-c8ccccc8)c7)cc6c45)cc3)cc2)cc1. The summed E-state index contributed by atoms with van der Waals surface area (Å²) in [5.74, 6) is 0. The van der Waals surface area contributed by atoms with E-state index in [4.69, 9.17) is 4.42 Å². The van der Waals surface area contributed by atoms with Gasteiger partial charge in [-0.25, -0.2) is 0 Å². The molecule has 0 aliphatic heterocycles. The topological polar surface area (TPSA) is 16.4 Å². The van der Waals surface area contributed by atoms with Crippen LogP contribution in [0.25, 0.3) is 88.0 Å². The fourth-order valence-corrected chi connectivity index (χ4v) is 8.65. The van der Waals surface area contributed by atoms with E-state index < -0.39 is 0 Å². The van der Waals surface area contributed by atoms with Gasteiger partial charge in [-0.3, -0.25) is 0 Å². The van der Waals surface area contributed by atoms with Crippen LogP contribution in [0.1, 0.15) is 0 Å². The van der Waals surface area contributed by atoms with E-state index in [1.165, 1.54) is 60.7 Å². The maximum absolute atomic E-state index is 6.89. The number of hydrogen-bond acceptors (Lipinski definition) is 2. The second-order valence-corrected chi connectivity index (χ2v) is 14.9. The Kier molecular flexibility index (Phi) is 8.19. The van der Waals surface area contributed by atoms with Crippen LogP contribution in [-0.2, 0) is 0 Å². The van der Waals surface area contributed by atoms with E-state index in [1.54, 1.807) is 0 Å². The molecule has 0 unspecified atom stereocenters. The van der Waals surface area contributed by atoms with Gasteiger partial charge in [-0.05, 0) is 97.7 Å². The highest BCUT2D eigenvalue weighted by molar-refractivity contribution is 6.23. The molecule has 0 aliphatic rings. The van der Waals surface area contributed by atoms with Crippen molar-refractivity contribution in [2.24, 2.45) is 0 Å². The number of hydrogen-bond donors (Lipinski definition) is 0. The van der Waals surface area contributed by atoms with Crippen molar-refractivity contribution in [2.75, 3.05) is 4.90 Å². The van der Waals surface area contributed by atoms with Crippen molar-refractivity contribution in [1.29, 1.82) is 0 Å². The molecule has 0 saturated heterocycles. The number of anilines is 3. The van der Waals surface area contributed by atoms with Crippen molar-refractivity contribution in [3.8, 4) is 44.5 Å². The summed E-state index contributed by atoms with van der Waals surface area (Å²) in [6, 6.07) is 80.5. The second kappa shape index (κ2) is 14.1. The molecule has 0 amide bonds. The smallest absolute Gasteiger partial charge is 0.143 e. The van der Waals surface area contributed by atoms with Crippen molar-refractivity contribution in [3.05, 3.63) is 224 Å². The summed E-state index contributed by atoms with van der Waals surface area (Å²) in [6.07, 6.45) is 0. The van der Waals surface area contributed by atoms with Gasteiger partial charge in [-0.15, -0.1) is 0 Å². The average Bonchev–Trinajstić information content (AvgIpc) is 3.69. The van der Waals surface area contributed by atoms with Gasteiger partial charge in [0.25, 0.3) is 0 Å². The van der Waals surface area contributed by atoms with Crippen LogP contribution in [0, 0.1) is 0 Å². The number of rotatable bonds is 7. The minimum Gasteiger partial charge on any atom is -0.455 e. The molecule has 11 aromatic rings. The van der Waals surface area contributed by atoms with Gasteiger partial charge in [0.05, 0.1) is 16.8 Å². The third-order valence-electron chi connectivity index (χ3n) is 11.5. The summed E-state index contributed by atoms with van der Waals surface area (Å²) in [7, 11) is 0. The van der Waals surface area contributed by atoms with E-state index >= 15 is 0 Å². The van der Waals surface area contributed by atoms with Crippen molar-refractivity contribution >= 4 is 60.5 Å². The first-order chi connectivity index (χ1) is 28.8. The van der Waals surface area contributed by atoms with E-state index in [9.17, 15) is 0 Å². The molecule has 2 nitrogen and oxygen atoms in total. The highest BCUT2D eigenvalue weighted by Crippen LogP contribution is 2.48. The quantitative estimate of drug-likeness (QED) is 0.162. The van der Waals surface area contributed by atoms with E-state index in [1.807, 2.05) is 0 Å². The Labute approximate surface area is 337 Å². The molecule has 1 aromatic heterocycles. The fraction of sp³-hybridized carbons (Fsp3) is 0. The molecule has 0 radical (unpaired) electrons. The van der Waals surface area contributed by atoms with Gasteiger partial charge in [0.1, 0.15) is 11.2 Å². The average molecular weight is 740 g/mol. The molecule has 0 saturated carbocycles. The molecule has 0 fully saturated rings. The van der Waals surface area contributed by atoms with Crippen molar-refractivity contribution in [2.45, 2.75) is 0 Å². The lowest BCUT2D eigenvalue weighted by molar-refractivity contribution is 0.672. The van der Waals surface area contributed by atoms with Crippen molar-refractivity contribution < 1.29 is 4.42 Å². The third kappa shape index (κ3) is 5.82. The van der Waals surface area contributed by atoms with Gasteiger partial charge in [0.2, 0.25) is 0 Å². The monoisotopic (exact) mass is 739 g/mol. The molecular formula is C56H37NO. The molecule has 0 spiro atoms. The molecule has 10 aromatic carbocycles. The van der Waals surface area contributed by atoms with Crippen molar-refractivity contribution in [3.63, 3.8) is 0 Å². The zero-order chi connectivity index (χ0) is 38.4. The normalized spacial score (nSPS) is 11.4. The Bertz CT molecular complexity index is 3250. The Morgan fingerprint density at radius 1 is 0.310 bits per heavy atom. The molecule has 0 atom stereocenters. The number of furan rings is 1. The van der Waals surface area contributed by atoms with E-state index in [0.717, 1.165) is 44.4 Å². The van der Waals surface area contributed by atoms with Gasteiger partial charge in [-0.1, -0.05) is 182 Å². The molecule has 0 aliphatic carbocycles. The van der Waals surface area contributed by atoms with E-state index in [2.05, 4.69) is 229 Å². The summed E-state index contributed by atoms with van der Waals surface area (Å²) in [6.45, 7) is 0. The minimum absolute atomic E-state index is 0.855. The molecule has 1 heterocycles. The Morgan fingerprint density at radius 3 is 1.53 bits per heavy atom. The summed E-state index contributed by atoms with van der Waals surface area (Å²) in [5, 5.41) is 6.80. The Hall–Kier alpha value is -7.68. The van der Waals surface area contributed by atoms with Crippen LogP contribution in [0.2, 0.25) is 0 Å². The van der Waals surface area contributed by atoms with Crippen LogP contribution in [-0.4, -0.2) is 0 Å². The predicted octanol–water partition coefficient (Wildman–Crippen LogP) is 16.0. The first-order valence-electron chi connectivity index (χ1n) is 19.8. The van der Waals surface area contributed by atoms with Crippen LogP contribution < -0.4 is 4.90 Å². The van der Waals surface area contributed by atoms with Crippen molar-refractivity contribution in [1.82, 2.24) is 0 Å². The molecule has 0 bridgehead atoms. The maximum atomic E-state index is 6.89. The van der Waals surface area contributed by atoms with Gasteiger partial charge in [0, 0.05) is 21.8 Å². The lowest BCUT2D eigenvalue weighted by atomic mass is 9.93. The number of benzene rings is 10. The number of nitrogens with zero attached hydrogens (tertiary/aromatic N) is 1. The highest BCUT2D eigenvalue weighted by atomic mass is 16.3. The van der Waals surface area contributed by atoms with Crippen LogP contribution in [0.4, 0.5) is 17.1 Å². The maximum Gasteiger partial charge on any atom is 0.143 e. The standard InChI is InChI=1S/C56H37NO/c1-3-14-38(15-4-1)40-28-30-41(31-29-40)42-32-34-46(35-33-42)57(52-25-12-19-43-18-7-8-22-47(43)52)53-26-13-27-54-55(53)51-37-50(48-23-9-10-24-49(48)56(51)58-54)45-21-11-20-44(36-45)39-16-5-2-6-17-39/h1-37H. The lowest BCUT2D eigenvalue weighted by Crippen LogP contribution is -2.10. The molecule has 11 rings (SSSR count). The van der Waals surface area contributed by atoms with Crippen LogP contribution in [0.5, 0.6) is 0 Å². The van der Waals surface area contributed by atoms with E-state index in [0.29, 0.717) is 0 Å². The molecule has 272 valence electrons. The zero-order valence-corrected chi connectivity index (χ0v) is 31.7. The largest absolute Gasteiger partial charge is 0.455 e. The van der Waals surface area contributed by atoms with Crippen LogP contribution in [0.3, 0.4) is 0 Å². The summed E-state index contributed by atoms with van der Waals surface area (Å²) in [5.41, 5.74) is 14.5. The lowest BCUT2D eigenvalue weighted by Gasteiger charge is -2.28. The Morgan fingerprint density at radius 2 is 0.810 bits per heavy atom. The predicted molar refractivity (Wildman–Crippen MR) is 245 cm³/mol. The fourth-order valence-electron chi connectivity index (χ4n) is 8.65. The van der Waals surface area contributed by atoms with Gasteiger partial charge in [0.15, 0.2) is 0 Å². The highest BCUT2D eigenvalue weighted by Gasteiger charge is 2.23. The summed E-state index contributed by atoms with van der Waals surface area (Å²) < 4.78 is 6.89. The molecule has 0 N–H and O–H groups in total. The first kappa shape index (κ1) is 33.6.